The van der Waals surface area contributed by atoms with Gasteiger partial charge in [0.1, 0.15) is 18.3 Å². The first-order valence-corrected chi connectivity index (χ1v) is 14.1. The van der Waals surface area contributed by atoms with E-state index in [1.807, 2.05) is 6.92 Å². The maximum atomic E-state index is 13.5. The lowest BCUT2D eigenvalue weighted by atomic mass is 9.94. The van der Waals surface area contributed by atoms with Gasteiger partial charge >= 0.3 is 0 Å². The third-order valence-electron chi connectivity index (χ3n) is 8.62. The third-order valence-corrected chi connectivity index (χ3v) is 8.84. The number of hydrogen-bond donors (Lipinski definition) is 2. The number of nitrogens with zero attached hydrogens (tertiary/aromatic N) is 2. The first-order chi connectivity index (χ1) is 18.4. The highest BCUT2D eigenvalue weighted by atomic mass is 35.5. The highest BCUT2D eigenvalue weighted by Crippen LogP contribution is 2.51. The third kappa shape index (κ3) is 4.08. The monoisotopic (exact) mass is 545 g/mol. The van der Waals surface area contributed by atoms with Gasteiger partial charge in [-0.3, -0.25) is 4.79 Å². The van der Waals surface area contributed by atoms with Gasteiger partial charge in [-0.2, -0.15) is 0 Å². The number of rotatable bonds is 2. The fourth-order valence-electron chi connectivity index (χ4n) is 6.81. The van der Waals surface area contributed by atoms with Crippen molar-refractivity contribution in [3.05, 3.63) is 22.7 Å². The Morgan fingerprint density at radius 2 is 1.58 bits per heavy atom. The van der Waals surface area contributed by atoms with Crippen molar-refractivity contribution in [3.8, 4) is 5.88 Å². The molecule has 1 amide bonds. The Morgan fingerprint density at radius 3 is 2.29 bits per heavy atom. The molecule has 1 aromatic carbocycles. The predicted octanol–water partition coefficient (Wildman–Crippen LogP) is 5.69. The van der Waals surface area contributed by atoms with Gasteiger partial charge in [-0.15, -0.1) is 10.2 Å². The molecule has 3 saturated heterocycles. The highest BCUT2D eigenvalue weighted by Gasteiger charge is 2.65. The Kier molecular flexibility index (Phi) is 6.06. The summed E-state index contributed by atoms with van der Waals surface area (Å²) in [5, 5.41) is 19.6. The van der Waals surface area contributed by atoms with Crippen LogP contribution in [0.3, 0.4) is 0 Å². The van der Waals surface area contributed by atoms with E-state index in [4.69, 9.17) is 35.3 Å². The van der Waals surface area contributed by atoms with Gasteiger partial charge < -0.3 is 33.8 Å². The topological polar surface area (TPSA) is 124 Å². The van der Waals surface area contributed by atoms with Crippen LogP contribution in [-0.4, -0.2) is 58.3 Å². The molecule has 5 aliphatic rings. The Bertz CT molecular complexity index is 1280. The molecule has 0 unspecified atom stereocenters. The van der Waals surface area contributed by atoms with E-state index >= 15 is 0 Å². The van der Waals surface area contributed by atoms with Gasteiger partial charge in [0.25, 0.3) is 5.91 Å². The number of ether oxygens (including phenoxy) is 5. The van der Waals surface area contributed by atoms with Gasteiger partial charge in [-0.05, 0) is 50.3 Å². The van der Waals surface area contributed by atoms with Gasteiger partial charge in [0.15, 0.2) is 29.7 Å². The smallest absolute Gasteiger partial charge is 0.296 e. The number of benzene rings is 1. The Hall–Kier alpha value is -2.08. The minimum atomic E-state index is -1.08. The number of aromatic nitrogens is 1. The molecule has 38 heavy (non-hydrogen) atoms. The van der Waals surface area contributed by atoms with Crippen LogP contribution in [0.15, 0.2) is 22.4 Å². The summed E-state index contributed by atoms with van der Waals surface area (Å²) < 4.78 is 32.2. The molecule has 0 radical (unpaired) electrons. The van der Waals surface area contributed by atoms with Crippen molar-refractivity contribution in [2.24, 2.45) is 10.2 Å². The largest absolute Gasteiger partial charge is 0.493 e. The fourth-order valence-corrected chi connectivity index (χ4v) is 7.09. The normalized spacial score (nSPS) is 33.8. The van der Waals surface area contributed by atoms with E-state index in [9.17, 15) is 9.90 Å². The van der Waals surface area contributed by atoms with Crippen LogP contribution in [0.1, 0.15) is 69.8 Å². The lowest BCUT2D eigenvalue weighted by Crippen LogP contribution is -2.57. The summed E-state index contributed by atoms with van der Waals surface area (Å²) in [7, 11) is 0. The molecule has 0 bridgehead atoms. The Morgan fingerprint density at radius 1 is 0.947 bits per heavy atom. The molecule has 2 N–H and O–H groups in total. The summed E-state index contributed by atoms with van der Waals surface area (Å²) in [6.07, 6.45) is 5.85. The van der Waals surface area contributed by atoms with Gasteiger partial charge in [0.05, 0.1) is 5.52 Å². The molecule has 10 nitrogen and oxygen atoms in total. The first-order valence-electron chi connectivity index (χ1n) is 13.7. The average molecular weight is 546 g/mol. The fraction of sp³-hybridized carbons (Fsp3) is 0.667. The summed E-state index contributed by atoms with van der Waals surface area (Å²) >= 11 is 6.22. The minimum Gasteiger partial charge on any atom is -0.493 e. The van der Waals surface area contributed by atoms with Gasteiger partial charge in [-0.1, -0.05) is 24.4 Å². The number of nitrogens with one attached hydrogen (secondary N) is 1. The summed E-state index contributed by atoms with van der Waals surface area (Å²) in [5.41, 5.74) is 1.65. The molecule has 3 aliphatic heterocycles. The standard InChI is InChI=1S/C27H32ClN3O7/c1-14-12-15(28)13-16-17(14)29-23(32)18(16)30-31-24(33)21-19-20(36-26(35-19)8-4-2-5-9-26)22-25(34-21)38-27(37-22)10-6-3-7-11-27/h12-13,19-22,25,29,32H,2-11H2,1H3/t19-,20+,21-,22-,25-/m1/s1. The molecular weight excluding hydrogens is 514 g/mol. The predicted molar refractivity (Wildman–Crippen MR) is 135 cm³/mol. The van der Waals surface area contributed by atoms with E-state index in [-0.39, 0.29) is 11.6 Å². The number of H-pyrrole nitrogens is 1. The van der Waals surface area contributed by atoms with E-state index in [0.717, 1.165) is 69.8 Å². The lowest BCUT2D eigenvalue weighted by molar-refractivity contribution is -0.247. The molecule has 2 spiro atoms. The van der Waals surface area contributed by atoms with Crippen LogP contribution in [0.25, 0.3) is 10.9 Å². The molecule has 2 saturated carbocycles. The summed E-state index contributed by atoms with van der Waals surface area (Å²) in [6, 6.07) is 3.45. The maximum absolute atomic E-state index is 13.5. The molecule has 4 heterocycles. The zero-order chi connectivity index (χ0) is 26.1. The van der Waals surface area contributed by atoms with Crippen molar-refractivity contribution >= 4 is 34.1 Å². The van der Waals surface area contributed by atoms with Gasteiger partial charge in [0.2, 0.25) is 5.88 Å². The number of fused-ring (bicyclic) bond motifs is 4. The number of amides is 1. The number of aromatic amines is 1. The van der Waals surface area contributed by atoms with E-state index < -0.39 is 48.2 Å². The summed E-state index contributed by atoms with van der Waals surface area (Å²) in [5.74, 6) is -2.29. The van der Waals surface area contributed by atoms with Crippen molar-refractivity contribution < 1.29 is 33.6 Å². The van der Waals surface area contributed by atoms with Crippen LogP contribution < -0.4 is 0 Å². The van der Waals surface area contributed by atoms with Crippen molar-refractivity contribution in [1.29, 1.82) is 0 Å². The number of carbonyl (C=O) groups excluding carboxylic acids is 1. The molecule has 204 valence electrons. The first kappa shape index (κ1) is 24.9. The SMILES string of the molecule is Cc1cc(Cl)cc2c(N=NC(=O)[C@@H]3O[C@@H]4OC5(CCCCC5)O[C@@H]4[C@H]4OC5(CCCCC5)O[C@H]43)c(O)[nH]c12. The minimum absolute atomic E-state index is 0.137. The molecule has 5 atom stereocenters. The van der Waals surface area contributed by atoms with Crippen molar-refractivity contribution in [2.45, 2.75) is 113 Å². The number of hydrogen-bond acceptors (Lipinski definition) is 8. The van der Waals surface area contributed by atoms with Gasteiger partial charge in [0, 0.05) is 36.1 Å². The quantitative estimate of drug-likeness (QED) is 0.464. The molecule has 5 fully saturated rings. The molecule has 1 aromatic heterocycles. The van der Waals surface area contributed by atoms with E-state index in [1.165, 1.54) is 0 Å². The maximum Gasteiger partial charge on any atom is 0.296 e. The molecule has 11 heteroatoms. The Labute approximate surface area is 225 Å². The van der Waals surface area contributed by atoms with Crippen molar-refractivity contribution in [3.63, 3.8) is 0 Å². The van der Waals surface area contributed by atoms with Gasteiger partial charge in [-0.25, -0.2) is 0 Å². The van der Waals surface area contributed by atoms with Crippen LogP contribution in [0.5, 0.6) is 5.88 Å². The summed E-state index contributed by atoms with van der Waals surface area (Å²) in [6.45, 7) is 1.87. The van der Waals surface area contributed by atoms with Crippen molar-refractivity contribution in [2.75, 3.05) is 0 Å². The number of carbonyl (C=O) groups is 1. The van der Waals surface area contributed by atoms with E-state index in [0.29, 0.717) is 15.9 Å². The zero-order valence-electron chi connectivity index (χ0n) is 21.3. The van der Waals surface area contributed by atoms with Crippen molar-refractivity contribution in [1.82, 2.24) is 4.98 Å². The average Bonchev–Trinajstić information content (AvgIpc) is 3.54. The second-order valence-corrected chi connectivity index (χ2v) is 11.7. The second kappa shape index (κ2) is 9.25. The Balaban J connectivity index is 1.19. The number of aryl methyl sites for hydroxylation is 1. The molecule has 2 aromatic rings. The number of halogens is 1. The molecule has 2 aliphatic carbocycles. The molecule has 7 rings (SSSR count). The number of azo groups is 1. The van der Waals surface area contributed by atoms with Crippen LogP contribution >= 0.6 is 11.6 Å². The van der Waals surface area contributed by atoms with E-state index in [2.05, 4.69) is 15.2 Å². The van der Waals surface area contributed by atoms with E-state index in [1.54, 1.807) is 12.1 Å². The summed E-state index contributed by atoms with van der Waals surface area (Å²) in [4.78, 5) is 16.4. The highest BCUT2D eigenvalue weighted by molar-refractivity contribution is 6.31. The zero-order valence-corrected chi connectivity index (χ0v) is 22.0. The van der Waals surface area contributed by atoms with Crippen LogP contribution in [0.2, 0.25) is 5.02 Å². The lowest BCUT2D eigenvalue weighted by Gasteiger charge is -2.35. The number of aromatic hydroxyl groups is 1. The van der Waals surface area contributed by atoms with Crippen LogP contribution in [0.4, 0.5) is 5.69 Å². The van der Waals surface area contributed by atoms with Crippen LogP contribution in [-0.2, 0) is 28.5 Å². The van der Waals surface area contributed by atoms with Crippen LogP contribution in [0, 0.1) is 6.92 Å². The molecular formula is C27H32ClN3O7. The second-order valence-electron chi connectivity index (χ2n) is 11.2.